The van der Waals surface area contributed by atoms with E-state index in [1.165, 1.54) is 5.56 Å². The smallest absolute Gasteiger partial charge is 0.274 e. The van der Waals surface area contributed by atoms with Crippen molar-refractivity contribution in [2.75, 3.05) is 10.6 Å². The summed E-state index contributed by atoms with van der Waals surface area (Å²) in [6.45, 7) is 6.29. The summed E-state index contributed by atoms with van der Waals surface area (Å²) in [6.07, 6.45) is 0. The quantitative estimate of drug-likeness (QED) is 0.659. The molecule has 1 heterocycles. The fourth-order valence-corrected chi connectivity index (χ4v) is 2.78. The lowest BCUT2D eigenvalue weighted by Crippen LogP contribution is -2.16. The van der Waals surface area contributed by atoms with E-state index in [0.717, 1.165) is 11.1 Å². The molecule has 5 nitrogen and oxygen atoms in total. The maximum absolute atomic E-state index is 12.6. The third kappa shape index (κ3) is 4.83. The molecular weight excluding hydrogens is 360 g/mol. The molecule has 0 aliphatic carbocycles. The van der Waals surface area contributed by atoms with Crippen LogP contribution in [0, 0.1) is 20.8 Å². The first-order chi connectivity index (χ1) is 12.9. The highest BCUT2D eigenvalue weighted by atomic mass is 35.5. The molecule has 2 aromatic carbocycles. The second-order valence-corrected chi connectivity index (χ2v) is 6.80. The molecule has 3 aromatic rings. The van der Waals surface area contributed by atoms with E-state index in [1.807, 2.05) is 13.0 Å². The maximum atomic E-state index is 12.6. The Balaban J connectivity index is 1.75. The number of anilines is 2. The monoisotopic (exact) mass is 380 g/mol. The molecule has 0 radical (unpaired) electrons. The minimum absolute atomic E-state index is 0.299. The number of hydrogen-bond donors (Lipinski definition) is 2. The molecule has 6 heteroatoms. The Labute approximate surface area is 163 Å². The summed E-state index contributed by atoms with van der Waals surface area (Å²) in [5.41, 5.74) is 4.13. The third-order valence-corrected chi connectivity index (χ3v) is 4.59. The first-order valence-corrected chi connectivity index (χ1v) is 9.02. The Bertz CT molecular complexity index is 970. The Morgan fingerprint density at radius 3 is 2.52 bits per heavy atom. The lowest BCUT2D eigenvalue weighted by molar-refractivity contribution is 0.102. The van der Waals surface area contributed by atoms with Gasteiger partial charge in [0, 0.05) is 23.3 Å². The number of aryl methyl sites for hydroxylation is 2. The summed E-state index contributed by atoms with van der Waals surface area (Å²) in [5.74, 6) is 0.831. The van der Waals surface area contributed by atoms with E-state index >= 15 is 0 Å². The summed E-state index contributed by atoms with van der Waals surface area (Å²) in [7, 11) is 0. The topological polar surface area (TPSA) is 66.9 Å². The van der Waals surface area contributed by atoms with E-state index in [1.54, 1.807) is 25.1 Å². The average molecular weight is 381 g/mol. The van der Waals surface area contributed by atoms with Crippen LogP contribution in [0.3, 0.4) is 0 Å². The van der Waals surface area contributed by atoms with Crippen molar-refractivity contribution >= 4 is 29.0 Å². The summed E-state index contributed by atoms with van der Waals surface area (Å²) in [4.78, 5) is 21.2. The molecule has 3 rings (SSSR count). The van der Waals surface area contributed by atoms with Gasteiger partial charge in [0.1, 0.15) is 17.3 Å². The molecule has 1 aromatic heterocycles. The van der Waals surface area contributed by atoms with Gasteiger partial charge < -0.3 is 10.6 Å². The van der Waals surface area contributed by atoms with E-state index < -0.39 is 0 Å². The van der Waals surface area contributed by atoms with Crippen LogP contribution >= 0.6 is 11.6 Å². The minimum Gasteiger partial charge on any atom is -0.366 e. The van der Waals surface area contributed by atoms with Crippen molar-refractivity contribution in [2.24, 2.45) is 0 Å². The second-order valence-electron chi connectivity index (χ2n) is 6.39. The Morgan fingerprint density at radius 1 is 1.04 bits per heavy atom. The van der Waals surface area contributed by atoms with E-state index in [2.05, 4.69) is 51.8 Å². The number of benzene rings is 2. The van der Waals surface area contributed by atoms with Crippen molar-refractivity contribution < 1.29 is 4.79 Å². The highest BCUT2D eigenvalue weighted by molar-refractivity contribution is 6.31. The van der Waals surface area contributed by atoms with Crippen LogP contribution in [0.5, 0.6) is 0 Å². The number of aromatic nitrogens is 2. The zero-order chi connectivity index (χ0) is 19.4. The van der Waals surface area contributed by atoms with Gasteiger partial charge in [0.25, 0.3) is 5.91 Å². The molecule has 0 atom stereocenters. The van der Waals surface area contributed by atoms with Crippen LogP contribution in [0.1, 0.15) is 33.0 Å². The van der Waals surface area contributed by atoms with E-state index in [4.69, 9.17) is 11.6 Å². The molecule has 0 saturated heterocycles. The summed E-state index contributed by atoms with van der Waals surface area (Å²) >= 11 is 6.12. The number of carbonyl (C=O) groups is 1. The van der Waals surface area contributed by atoms with Crippen molar-refractivity contribution in [2.45, 2.75) is 27.3 Å². The zero-order valence-corrected chi connectivity index (χ0v) is 16.3. The van der Waals surface area contributed by atoms with Gasteiger partial charge >= 0.3 is 0 Å². The highest BCUT2D eigenvalue weighted by Gasteiger charge is 2.13. The minimum atomic E-state index is -0.302. The number of halogens is 1. The Kier molecular flexibility index (Phi) is 5.72. The first kappa shape index (κ1) is 18.9. The third-order valence-electron chi connectivity index (χ3n) is 4.18. The molecule has 0 aliphatic rings. The van der Waals surface area contributed by atoms with Crippen LogP contribution in [0.4, 0.5) is 11.5 Å². The Hall–Kier alpha value is -2.92. The molecule has 0 bridgehead atoms. The molecule has 2 N–H and O–H groups in total. The number of rotatable bonds is 5. The molecule has 0 aliphatic heterocycles. The lowest BCUT2D eigenvalue weighted by Gasteiger charge is -2.11. The SMILES string of the molecule is Cc1ccc(CNc2cc(C(=O)Nc3cccc(Cl)c3C)nc(C)n2)cc1. The van der Waals surface area contributed by atoms with Crippen LogP contribution in [0.25, 0.3) is 0 Å². The van der Waals surface area contributed by atoms with Crippen LogP contribution in [0.15, 0.2) is 48.5 Å². The fraction of sp³-hybridized carbons (Fsp3) is 0.190. The molecule has 0 saturated carbocycles. The van der Waals surface area contributed by atoms with Crippen LogP contribution < -0.4 is 10.6 Å². The first-order valence-electron chi connectivity index (χ1n) is 8.64. The van der Waals surface area contributed by atoms with E-state index in [0.29, 0.717) is 34.6 Å². The van der Waals surface area contributed by atoms with Gasteiger partial charge in [0.15, 0.2) is 0 Å². The van der Waals surface area contributed by atoms with Gasteiger partial charge in [0.2, 0.25) is 0 Å². The molecule has 0 spiro atoms. The predicted octanol–water partition coefficient (Wildman–Crippen LogP) is 4.92. The van der Waals surface area contributed by atoms with Crippen LogP contribution in [-0.2, 0) is 6.54 Å². The predicted molar refractivity (Wildman–Crippen MR) is 109 cm³/mol. The summed E-state index contributed by atoms with van der Waals surface area (Å²) < 4.78 is 0. The zero-order valence-electron chi connectivity index (χ0n) is 15.5. The van der Waals surface area contributed by atoms with Gasteiger partial charge in [-0.05, 0) is 44.0 Å². The number of nitrogens with one attached hydrogen (secondary N) is 2. The van der Waals surface area contributed by atoms with Gasteiger partial charge in [-0.15, -0.1) is 0 Å². The number of nitrogens with zero attached hydrogens (tertiary/aromatic N) is 2. The Morgan fingerprint density at radius 2 is 1.78 bits per heavy atom. The summed E-state index contributed by atoms with van der Waals surface area (Å²) in [5, 5.41) is 6.71. The average Bonchev–Trinajstić information content (AvgIpc) is 2.64. The molecule has 0 unspecified atom stereocenters. The highest BCUT2D eigenvalue weighted by Crippen LogP contribution is 2.23. The van der Waals surface area contributed by atoms with E-state index in [-0.39, 0.29) is 5.91 Å². The largest absolute Gasteiger partial charge is 0.366 e. The van der Waals surface area contributed by atoms with Crippen molar-refractivity contribution in [3.63, 3.8) is 0 Å². The number of amides is 1. The molecule has 138 valence electrons. The second kappa shape index (κ2) is 8.18. The van der Waals surface area contributed by atoms with Gasteiger partial charge in [0.05, 0.1) is 0 Å². The van der Waals surface area contributed by atoms with Gasteiger partial charge in [-0.25, -0.2) is 9.97 Å². The van der Waals surface area contributed by atoms with Crippen LogP contribution in [-0.4, -0.2) is 15.9 Å². The summed E-state index contributed by atoms with van der Waals surface area (Å²) in [6, 6.07) is 15.3. The number of hydrogen-bond acceptors (Lipinski definition) is 4. The van der Waals surface area contributed by atoms with Gasteiger partial charge in [-0.1, -0.05) is 47.5 Å². The van der Waals surface area contributed by atoms with E-state index in [9.17, 15) is 4.79 Å². The maximum Gasteiger partial charge on any atom is 0.274 e. The van der Waals surface area contributed by atoms with Crippen molar-refractivity contribution in [1.29, 1.82) is 0 Å². The van der Waals surface area contributed by atoms with Crippen molar-refractivity contribution in [1.82, 2.24) is 9.97 Å². The molecule has 1 amide bonds. The molecule has 27 heavy (non-hydrogen) atoms. The molecule has 0 fully saturated rings. The van der Waals surface area contributed by atoms with Gasteiger partial charge in [-0.3, -0.25) is 4.79 Å². The number of carbonyl (C=O) groups excluding carboxylic acids is 1. The van der Waals surface area contributed by atoms with Gasteiger partial charge in [-0.2, -0.15) is 0 Å². The fourth-order valence-electron chi connectivity index (χ4n) is 2.60. The standard InChI is InChI=1S/C21H21ClN4O/c1-13-7-9-16(10-8-13)12-23-20-11-19(24-15(3)25-20)21(27)26-18-6-4-5-17(22)14(18)2/h4-11H,12H2,1-3H3,(H,26,27)(H,23,24,25). The lowest BCUT2D eigenvalue weighted by atomic mass is 10.1. The van der Waals surface area contributed by atoms with Crippen LogP contribution in [0.2, 0.25) is 5.02 Å². The van der Waals surface area contributed by atoms with Crippen molar-refractivity contribution in [3.05, 3.63) is 81.8 Å². The van der Waals surface area contributed by atoms with Crippen molar-refractivity contribution in [3.8, 4) is 0 Å². The normalized spacial score (nSPS) is 10.5. The molecular formula is C21H21ClN4O.